The number of cyclic esters (lactones) is 1. The van der Waals surface area contributed by atoms with Gasteiger partial charge in [-0.3, -0.25) is 19.2 Å². The number of ketones is 1. The summed E-state index contributed by atoms with van der Waals surface area (Å²) in [7, 11) is 1.20. The lowest BCUT2D eigenvalue weighted by molar-refractivity contribution is -0.235. The van der Waals surface area contributed by atoms with Gasteiger partial charge in [-0.25, -0.2) is 4.79 Å². The summed E-state index contributed by atoms with van der Waals surface area (Å²) < 4.78 is 34.9. The third-order valence-electron chi connectivity index (χ3n) is 11.6. The van der Waals surface area contributed by atoms with Crippen LogP contribution >= 0.6 is 0 Å². The quantitative estimate of drug-likeness (QED) is 0.267. The number of hydrogen-bond donors (Lipinski definition) is 0. The minimum absolute atomic E-state index is 0.0814. The van der Waals surface area contributed by atoms with E-state index in [0.29, 0.717) is 12.8 Å². The first kappa shape index (κ1) is 29.8. The molecular formula is C32H40O11. The molecule has 234 valence electrons. The lowest BCUT2D eigenvalue weighted by Crippen LogP contribution is -2.74. The normalized spacial score (nSPS) is 42.7. The van der Waals surface area contributed by atoms with Gasteiger partial charge >= 0.3 is 23.9 Å². The predicted molar refractivity (Wildman–Crippen MR) is 146 cm³/mol. The summed E-state index contributed by atoms with van der Waals surface area (Å²) in [5.41, 5.74) is -2.99. The highest BCUT2D eigenvalue weighted by Gasteiger charge is 2.86. The summed E-state index contributed by atoms with van der Waals surface area (Å²) in [5, 5.41) is 0. The minimum atomic E-state index is -1.44. The van der Waals surface area contributed by atoms with Crippen LogP contribution < -0.4 is 0 Å². The molecule has 1 aromatic rings. The Morgan fingerprint density at radius 1 is 1.12 bits per heavy atom. The highest BCUT2D eigenvalue weighted by Crippen LogP contribution is 2.77. The second-order valence-electron chi connectivity index (χ2n) is 14.0. The minimum Gasteiger partial charge on any atom is -0.472 e. The summed E-state index contributed by atoms with van der Waals surface area (Å²) in [5.74, 6) is -5.08. The molecule has 5 aliphatic rings. The standard InChI is InChI=1S/C32H40O11/c1-8-19(34)41-26-21-24(36)31(6,23(29(26,3)4)22(28(37)38-7)40-15(2)33)17-9-11-30(5)18(32(17)27(21)43-32)13-20(35)42-25(30)16-10-12-39-14-16/h10,12,14,17-18,21-23,25-27H,8-9,11,13H2,1-7H3/t17-,18-,21+,22+,23+,25+,26-,27-,30-,31-,32-/m1/s1. The van der Waals surface area contributed by atoms with E-state index in [9.17, 15) is 24.0 Å². The molecule has 11 heteroatoms. The number of esters is 4. The van der Waals surface area contributed by atoms with Crippen LogP contribution in [0.25, 0.3) is 0 Å². The van der Waals surface area contributed by atoms with E-state index < -0.39 is 81.9 Å². The Balaban J connectivity index is 1.54. The molecule has 0 unspecified atom stereocenters. The zero-order chi connectivity index (χ0) is 31.3. The first-order valence-electron chi connectivity index (χ1n) is 15.1. The topological polar surface area (TPSA) is 148 Å². The zero-order valence-corrected chi connectivity index (χ0v) is 25.7. The molecule has 2 aliphatic heterocycles. The fourth-order valence-corrected chi connectivity index (χ4v) is 9.99. The number of methoxy groups -OCH3 is 1. The fourth-order valence-electron chi connectivity index (χ4n) is 9.99. The number of carbonyl (C=O) groups excluding carboxylic acids is 5. The highest BCUT2D eigenvalue weighted by molar-refractivity contribution is 5.94. The van der Waals surface area contributed by atoms with E-state index in [-0.39, 0.29) is 30.5 Å². The molecule has 43 heavy (non-hydrogen) atoms. The number of hydrogen-bond acceptors (Lipinski definition) is 11. The van der Waals surface area contributed by atoms with Crippen LogP contribution in [0.1, 0.15) is 78.9 Å². The Morgan fingerprint density at radius 2 is 1.84 bits per heavy atom. The Bertz CT molecular complexity index is 1360. The number of furan rings is 1. The summed E-state index contributed by atoms with van der Waals surface area (Å²) in [4.78, 5) is 66.6. The van der Waals surface area contributed by atoms with Gasteiger partial charge in [-0.2, -0.15) is 0 Å². The monoisotopic (exact) mass is 600 g/mol. The number of epoxide rings is 1. The van der Waals surface area contributed by atoms with Gasteiger partial charge in [0.2, 0.25) is 6.10 Å². The summed E-state index contributed by atoms with van der Waals surface area (Å²) in [6, 6.07) is 1.79. The van der Waals surface area contributed by atoms with Crippen LogP contribution in [0.15, 0.2) is 23.0 Å². The van der Waals surface area contributed by atoms with Crippen molar-refractivity contribution in [2.75, 3.05) is 7.11 Å². The number of ether oxygens (including phenoxy) is 5. The zero-order valence-electron chi connectivity index (χ0n) is 25.7. The van der Waals surface area contributed by atoms with E-state index in [2.05, 4.69) is 6.92 Å². The largest absolute Gasteiger partial charge is 0.472 e. The van der Waals surface area contributed by atoms with E-state index >= 15 is 0 Å². The molecule has 3 saturated carbocycles. The predicted octanol–water partition coefficient (Wildman–Crippen LogP) is 3.73. The van der Waals surface area contributed by atoms with Gasteiger partial charge in [-0.05, 0) is 18.9 Å². The lowest BCUT2D eigenvalue weighted by atomic mass is 9.37. The first-order chi connectivity index (χ1) is 20.2. The maximum Gasteiger partial charge on any atom is 0.347 e. The number of rotatable bonds is 6. The highest BCUT2D eigenvalue weighted by atomic mass is 16.6. The van der Waals surface area contributed by atoms with Gasteiger partial charge in [-0.15, -0.1) is 0 Å². The Morgan fingerprint density at radius 3 is 2.44 bits per heavy atom. The van der Waals surface area contributed by atoms with Crippen molar-refractivity contribution in [1.29, 1.82) is 0 Å². The first-order valence-corrected chi connectivity index (χ1v) is 15.1. The van der Waals surface area contributed by atoms with Crippen LogP contribution in [0.5, 0.6) is 0 Å². The molecule has 1 aromatic heterocycles. The maximum atomic E-state index is 14.8. The van der Waals surface area contributed by atoms with E-state index in [0.717, 1.165) is 5.56 Å². The van der Waals surface area contributed by atoms with Gasteiger partial charge in [0.15, 0.2) is 0 Å². The van der Waals surface area contributed by atoms with E-state index in [1.165, 1.54) is 14.0 Å². The van der Waals surface area contributed by atoms with E-state index in [1.807, 2.05) is 20.8 Å². The van der Waals surface area contributed by atoms with Crippen LogP contribution in [0.2, 0.25) is 0 Å². The molecule has 11 atom stereocenters. The third kappa shape index (κ3) is 3.85. The van der Waals surface area contributed by atoms with Crippen molar-refractivity contribution < 1.29 is 52.1 Å². The SMILES string of the molecule is CCC(=O)O[C@@H]1[C@@H]2C(=O)[C@](C)([C@H]3CC[C@]4(C)[C@@H](CC(=O)O[C@H]4c4ccoc4)[C@]34O[C@H]24)[C@@H]([C@H](OC(C)=O)C(=O)OC)C1(C)C. The molecule has 0 radical (unpaired) electrons. The van der Waals surface area contributed by atoms with Crippen LogP contribution in [0, 0.1) is 39.9 Å². The molecule has 0 amide bonds. The third-order valence-corrected chi connectivity index (χ3v) is 11.6. The van der Waals surface area contributed by atoms with E-state index in [1.54, 1.807) is 25.5 Å². The van der Waals surface area contributed by atoms with Crippen molar-refractivity contribution in [2.24, 2.45) is 39.9 Å². The van der Waals surface area contributed by atoms with Gasteiger partial charge in [0.05, 0.1) is 32.0 Å². The van der Waals surface area contributed by atoms with Crippen LogP contribution in [0.3, 0.4) is 0 Å². The van der Waals surface area contributed by atoms with Gasteiger partial charge in [0.25, 0.3) is 0 Å². The van der Waals surface area contributed by atoms with Crippen molar-refractivity contribution in [2.45, 2.75) is 97.2 Å². The lowest BCUT2D eigenvalue weighted by Gasteiger charge is -2.65. The molecule has 1 spiro atoms. The molecule has 0 aromatic carbocycles. The van der Waals surface area contributed by atoms with Crippen molar-refractivity contribution in [3.63, 3.8) is 0 Å². The molecule has 11 nitrogen and oxygen atoms in total. The number of fused-ring (bicyclic) bond motifs is 5. The molecule has 3 heterocycles. The van der Waals surface area contributed by atoms with Crippen LogP contribution in [0.4, 0.5) is 0 Å². The summed E-state index contributed by atoms with van der Waals surface area (Å²) >= 11 is 0. The van der Waals surface area contributed by atoms with Gasteiger partial charge in [-0.1, -0.05) is 34.6 Å². The van der Waals surface area contributed by atoms with Gasteiger partial charge in [0.1, 0.15) is 29.7 Å². The van der Waals surface area contributed by atoms with E-state index in [4.69, 9.17) is 28.1 Å². The summed E-state index contributed by atoms with van der Waals surface area (Å²) in [6.45, 7) is 10.5. The fraction of sp³-hybridized carbons (Fsp3) is 0.719. The Hall–Kier alpha value is -3.21. The van der Waals surface area contributed by atoms with Crippen LogP contribution in [-0.4, -0.2) is 60.7 Å². The molecular weight excluding hydrogens is 560 g/mol. The molecule has 2 bridgehead atoms. The second kappa shape index (κ2) is 9.64. The molecule has 6 rings (SSSR count). The number of Topliss-reactive ketones (excluding diaryl/α,β-unsaturated/α-hetero) is 1. The maximum absolute atomic E-state index is 14.8. The Kier molecular flexibility index (Phi) is 6.69. The average molecular weight is 601 g/mol. The molecule has 2 saturated heterocycles. The molecule has 5 fully saturated rings. The molecule has 0 N–H and O–H groups in total. The van der Waals surface area contributed by atoms with Crippen molar-refractivity contribution in [3.8, 4) is 0 Å². The number of carbonyl (C=O) groups is 5. The molecule has 3 aliphatic carbocycles. The van der Waals surface area contributed by atoms with Crippen LogP contribution in [-0.2, 0) is 47.7 Å². The second-order valence-corrected chi connectivity index (χ2v) is 14.0. The summed E-state index contributed by atoms with van der Waals surface area (Å²) in [6.07, 6.45) is 0.843. The van der Waals surface area contributed by atoms with Crippen molar-refractivity contribution >= 4 is 29.7 Å². The van der Waals surface area contributed by atoms with Gasteiger partial charge < -0.3 is 28.1 Å². The average Bonchev–Trinajstić information content (AvgIpc) is 3.40. The smallest absolute Gasteiger partial charge is 0.347 e. The van der Waals surface area contributed by atoms with Crippen molar-refractivity contribution in [3.05, 3.63) is 24.2 Å². The van der Waals surface area contributed by atoms with Crippen molar-refractivity contribution in [1.82, 2.24) is 0 Å². The van der Waals surface area contributed by atoms with Gasteiger partial charge in [0, 0.05) is 52.9 Å². The Labute approximate surface area is 250 Å².